The lowest BCUT2D eigenvalue weighted by molar-refractivity contribution is 0.00152. The minimum Gasteiger partial charge on any atom is -0.388 e. The number of methoxy groups -OCH3 is 1. The number of aliphatic hydroxyl groups is 1. The van der Waals surface area contributed by atoms with Crippen molar-refractivity contribution in [1.29, 1.82) is 0 Å². The average molecular weight is 279 g/mol. The smallest absolute Gasteiger partial charge is 0.0853 e. The lowest BCUT2D eigenvalue weighted by Crippen LogP contribution is -2.44. The molecule has 1 aromatic carbocycles. The van der Waals surface area contributed by atoms with E-state index in [1.807, 2.05) is 30.3 Å². The molecule has 2 unspecified atom stereocenters. The summed E-state index contributed by atoms with van der Waals surface area (Å²) in [5.41, 5.74) is 0.771. The van der Waals surface area contributed by atoms with Crippen molar-refractivity contribution in [3.05, 3.63) is 35.9 Å². The van der Waals surface area contributed by atoms with E-state index in [1.54, 1.807) is 7.11 Å². The van der Waals surface area contributed by atoms with Crippen molar-refractivity contribution in [1.82, 2.24) is 4.90 Å². The molecule has 3 nitrogen and oxygen atoms in total. The Morgan fingerprint density at radius 1 is 1.25 bits per heavy atom. The van der Waals surface area contributed by atoms with Gasteiger partial charge in [-0.15, -0.1) is 0 Å². The minimum atomic E-state index is -0.465. The van der Waals surface area contributed by atoms with Crippen molar-refractivity contribution in [2.75, 3.05) is 26.8 Å². The second-order valence-electron chi connectivity index (χ2n) is 6.17. The molecule has 20 heavy (non-hydrogen) atoms. The minimum absolute atomic E-state index is 0.209. The van der Waals surface area contributed by atoms with Gasteiger partial charge >= 0.3 is 0 Å². The molecule has 0 aliphatic rings. The first-order chi connectivity index (χ1) is 9.42. The van der Waals surface area contributed by atoms with E-state index in [0.29, 0.717) is 12.6 Å². The fourth-order valence-electron chi connectivity index (χ4n) is 2.62. The number of benzene rings is 1. The Morgan fingerprint density at radius 3 is 2.35 bits per heavy atom. The van der Waals surface area contributed by atoms with Gasteiger partial charge in [-0.3, -0.25) is 4.90 Å². The molecule has 0 saturated carbocycles. The van der Waals surface area contributed by atoms with E-state index < -0.39 is 6.10 Å². The Balaban J connectivity index is 2.76. The van der Waals surface area contributed by atoms with Crippen LogP contribution in [-0.4, -0.2) is 42.9 Å². The van der Waals surface area contributed by atoms with E-state index in [-0.39, 0.29) is 5.41 Å². The van der Waals surface area contributed by atoms with Crippen LogP contribution in [0.4, 0.5) is 0 Å². The van der Waals surface area contributed by atoms with Gasteiger partial charge in [0.05, 0.1) is 12.7 Å². The van der Waals surface area contributed by atoms with E-state index in [2.05, 4.69) is 32.6 Å². The number of rotatable bonds is 8. The highest BCUT2D eigenvalue weighted by atomic mass is 16.5. The van der Waals surface area contributed by atoms with Crippen LogP contribution in [-0.2, 0) is 4.74 Å². The number of nitrogens with zero attached hydrogens (tertiary/aromatic N) is 1. The van der Waals surface area contributed by atoms with Gasteiger partial charge in [-0.25, -0.2) is 0 Å². The Kier molecular flexibility index (Phi) is 6.66. The molecule has 1 rings (SSSR count). The standard InChI is InChI=1S/C17H29NO2/c1-6-18(14(2)12-20-5)13-17(3,4)16(19)15-10-8-7-9-11-15/h7-11,14,16,19H,6,12-13H2,1-5H3. The molecule has 0 spiro atoms. The van der Waals surface area contributed by atoms with Crippen LogP contribution in [0.1, 0.15) is 39.4 Å². The summed E-state index contributed by atoms with van der Waals surface area (Å²) in [6, 6.07) is 10.2. The second kappa shape index (κ2) is 7.77. The molecule has 0 amide bonds. The maximum atomic E-state index is 10.6. The molecular weight excluding hydrogens is 250 g/mol. The van der Waals surface area contributed by atoms with E-state index in [4.69, 9.17) is 4.74 Å². The van der Waals surface area contributed by atoms with Crippen molar-refractivity contribution in [2.45, 2.75) is 39.8 Å². The summed E-state index contributed by atoms with van der Waals surface area (Å²) >= 11 is 0. The summed E-state index contributed by atoms with van der Waals surface area (Å²) in [5, 5.41) is 10.6. The summed E-state index contributed by atoms with van der Waals surface area (Å²) in [4.78, 5) is 2.36. The van der Waals surface area contributed by atoms with Gasteiger partial charge in [-0.2, -0.15) is 0 Å². The van der Waals surface area contributed by atoms with Gasteiger partial charge in [0, 0.05) is 25.1 Å². The van der Waals surface area contributed by atoms with Gasteiger partial charge in [0.15, 0.2) is 0 Å². The van der Waals surface area contributed by atoms with Crippen molar-refractivity contribution in [3.63, 3.8) is 0 Å². The van der Waals surface area contributed by atoms with E-state index >= 15 is 0 Å². The maximum absolute atomic E-state index is 10.6. The number of hydrogen-bond donors (Lipinski definition) is 1. The summed E-state index contributed by atoms with van der Waals surface area (Å²) in [6.45, 7) is 11.1. The normalized spacial score (nSPS) is 15.3. The Bertz CT molecular complexity index is 378. The fraction of sp³-hybridized carbons (Fsp3) is 0.647. The number of likely N-dealkylation sites (N-methyl/N-ethyl adjacent to an activating group) is 1. The molecular formula is C17H29NO2. The van der Waals surface area contributed by atoms with Crippen molar-refractivity contribution < 1.29 is 9.84 Å². The zero-order chi connectivity index (χ0) is 15.2. The summed E-state index contributed by atoms with van der Waals surface area (Å²) in [5.74, 6) is 0. The fourth-order valence-corrected chi connectivity index (χ4v) is 2.62. The van der Waals surface area contributed by atoms with Crippen molar-refractivity contribution >= 4 is 0 Å². The number of ether oxygens (including phenoxy) is 1. The Hall–Kier alpha value is -0.900. The third-order valence-corrected chi connectivity index (χ3v) is 3.90. The first-order valence-electron chi connectivity index (χ1n) is 7.38. The van der Waals surface area contributed by atoms with Crippen LogP contribution < -0.4 is 0 Å². The second-order valence-corrected chi connectivity index (χ2v) is 6.17. The molecule has 114 valence electrons. The molecule has 3 heteroatoms. The number of aliphatic hydroxyl groups excluding tert-OH is 1. The molecule has 0 heterocycles. The lowest BCUT2D eigenvalue weighted by Gasteiger charge is -2.38. The molecule has 0 saturated heterocycles. The Morgan fingerprint density at radius 2 is 1.85 bits per heavy atom. The van der Waals surface area contributed by atoms with Crippen LogP contribution >= 0.6 is 0 Å². The van der Waals surface area contributed by atoms with Crippen LogP contribution in [0.3, 0.4) is 0 Å². The third-order valence-electron chi connectivity index (χ3n) is 3.90. The highest BCUT2D eigenvalue weighted by Gasteiger charge is 2.32. The summed E-state index contributed by atoms with van der Waals surface area (Å²) < 4.78 is 5.24. The SMILES string of the molecule is CCN(CC(C)(C)C(O)c1ccccc1)C(C)COC. The van der Waals surface area contributed by atoms with Crippen molar-refractivity contribution in [3.8, 4) is 0 Å². The van der Waals surface area contributed by atoms with Crippen LogP contribution in [0.25, 0.3) is 0 Å². The molecule has 0 fully saturated rings. The van der Waals surface area contributed by atoms with Gasteiger partial charge in [0.25, 0.3) is 0 Å². The highest BCUT2D eigenvalue weighted by Crippen LogP contribution is 2.34. The number of hydrogen-bond acceptors (Lipinski definition) is 3. The van der Waals surface area contributed by atoms with Crippen LogP contribution in [0.15, 0.2) is 30.3 Å². The third kappa shape index (κ3) is 4.58. The van der Waals surface area contributed by atoms with Crippen LogP contribution in [0.2, 0.25) is 0 Å². The summed E-state index contributed by atoms with van der Waals surface area (Å²) in [6.07, 6.45) is -0.465. The molecule has 0 aliphatic heterocycles. The van der Waals surface area contributed by atoms with Gasteiger partial charge in [0.2, 0.25) is 0 Å². The predicted molar refractivity (Wildman–Crippen MR) is 83.8 cm³/mol. The van der Waals surface area contributed by atoms with E-state index in [1.165, 1.54) is 0 Å². The topological polar surface area (TPSA) is 32.7 Å². The largest absolute Gasteiger partial charge is 0.388 e. The molecule has 0 bridgehead atoms. The average Bonchev–Trinajstić information content (AvgIpc) is 2.45. The van der Waals surface area contributed by atoms with E-state index in [9.17, 15) is 5.11 Å². The van der Waals surface area contributed by atoms with Gasteiger partial charge in [-0.05, 0) is 19.0 Å². The van der Waals surface area contributed by atoms with Crippen LogP contribution in [0, 0.1) is 5.41 Å². The first kappa shape index (κ1) is 17.2. The lowest BCUT2D eigenvalue weighted by atomic mass is 9.82. The monoisotopic (exact) mass is 279 g/mol. The first-order valence-corrected chi connectivity index (χ1v) is 7.38. The summed E-state index contributed by atoms with van der Waals surface area (Å²) in [7, 11) is 1.73. The molecule has 0 aliphatic carbocycles. The molecule has 1 aromatic rings. The quantitative estimate of drug-likeness (QED) is 0.793. The molecule has 2 atom stereocenters. The highest BCUT2D eigenvalue weighted by molar-refractivity contribution is 5.19. The molecule has 0 aromatic heterocycles. The van der Waals surface area contributed by atoms with Gasteiger partial charge in [-0.1, -0.05) is 51.1 Å². The van der Waals surface area contributed by atoms with Gasteiger partial charge in [0.1, 0.15) is 0 Å². The molecule has 0 radical (unpaired) electrons. The zero-order valence-corrected chi connectivity index (χ0v) is 13.5. The van der Waals surface area contributed by atoms with Crippen LogP contribution in [0.5, 0.6) is 0 Å². The predicted octanol–water partition coefficient (Wildman–Crippen LogP) is 3.10. The molecule has 1 N–H and O–H groups in total. The van der Waals surface area contributed by atoms with E-state index in [0.717, 1.165) is 18.7 Å². The van der Waals surface area contributed by atoms with Gasteiger partial charge < -0.3 is 9.84 Å². The maximum Gasteiger partial charge on any atom is 0.0853 e. The Labute approximate surface area is 123 Å². The van der Waals surface area contributed by atoms with Crippen molar-refractivity contribution in [2.24, 2.45) is 5.41 Å². The zero-order valence-electron chi connectivity index (χ0n) is 13.5.